The highest BCUT2D eigenvalue weighted by Gasteiger charge is 2.20. The first-order valence-electron chi connectivity index (χ1n) is 6.16. The summed E-state index contributed by atoms with van der Waals surface area (Å²) in [6, 6.07) is 3.52. The monoisotopic (exact) mass is 307 g/mol. The molecular formula is C13H11ClFN5O. The summed E-state index contributed by atoms with van der Waals surface area (Å²) >= 11 is 6.02. The fourth-order valence-corrected chi connectivity index (χ4v) is 2.35. The third kappa shape index (κ3) is 2.10. The molecular weight excluding hydrogens is 297 g/mol. The van der Waals surface area contributed by atoms with Gasteiger partial charge in [-0.1, -0.05) is 11.6 Å². The zero-order valence-corrected chi connectivity index (χ0v) is 11.7. The average molecular weight is 308 g/mol. The number of nitrogens with one attached hydrogen (secondary N) is 1. The molecule has 0 bridgehead atoms. The molecule has 3 aromatic rings. The van der Waals surface area contributed by atoms with Gasteiger partial charge >= 0.3 is 0 Å². The van der Waals surface area contributed by atoms with Gasteiger partial charge in [0.25, 0.3) is 5.56 Å². The van der Waals surface area contributed by atoms with E-state index in [1.165, 1.54) is 16.8 Å². The quantitative estimate of drug-likeness (QED) is 0.757. The van der Waals surface area contributed by atoms with Gasteiger partial charge < -0.3 is 5.73 Å². The number of nitrogens with two attached hydrogens (primary N) is 1. The highest BCUT2D eigenvalue weighted by Crippen LogP contribution is 2.24. The molecule has 0 saturated carbocycles. The molecule has 3 N–H and O–H groups in total. The molecule has 1 aromatic carbocycles. The lowest BCUT2D eigenvalue weighted by molar-refractivity contribution is 0.632. The number of aromatic nitrogens is 4. The molecule has 3 rings (SSSR count). The van der Waals surface area contributed by atoms with Crippen LogP contribution < -0.4 is 11.3 Å². The zero-order valence-electron chi connectivity index (χ0n) is 11.0. The molecule has 0 unspecified atom stereocenters. The summed E-state index contributed by atoms with van der Waals surface area (Å²) in [6.07, 6.45) is 1.48. The Labute approximate surface area is 123 Å². The van der Waals surface area contributed by atoms with E-state index in [-0.39, 0.29) is 21.7 Å². The van der Waals surface area contributed by atoms with Crippen LogP contribution in [-0.2, 0) is 0 Å². The Morgan fingerprint density at radius 2 is 2.19 bits per heavy atom. The molecule has 0 radical (unpaired) electrons. The van der Waals surface area contributed by atoms with Crippen LogP contribution in [0.5, 0.6) is 0 Å². The van der Waals surface area contributed by atoms with E-state index in [0.717, 1.165) is 6.07 Å². The summed E-state index contributed by atoms with van der Waals surface area (Å²) in [7, 11) is 0. The molecule has 0 aliphatic heterocycles. The van der Waals surface area contributed by atoms with Gasteiger partial charge in [-0.3, -0.25) is 9.89 Å². The van der Waals surface area contributed by atoms with Crippen molar-refractivity contribution < 1.29 is 4.39 Å². The number of hydrogen-bond acceptors (Lipinski definition) is 4. The summed E-state index contributed by atoms with van der Waals surface area (Å²) < 4.78 is 15.2. The topological polar surface area (TPSA) is 89.6 Å². The van der Waals surface area contributed by atoms with Crippen molar-refractivity contribution in [3.05, 3.63) is 51.4 Å². The van der Waals surface area contributed by atoms with E-state index >= 15 is 0 Å². The van der Waals surface area contributed by atoms with Crippen LogP contribution in [0.4, 0.5) is 4.39 Å². The molecule has 0 aliphatic carbocycles. The van der Waals surface area contributed by atoms with Crippen LogP contribution >= 0.6 is 11.6 Å². The van der Waals surface area contributed by atoms with E-state index < -0.39 is 17.4 Å². The Hall–Kier alpha value is -2.25. The van der Waals surface area contributed by atoms with Gasteiger partial charge in [0.2, 0.25) is 0 Å². The molecule has 2 heterocycles. The van der Waals surface area contributed by atoms with Crippen LogP contribution in [0.3, 0.4) is 0 Å². The average Bonchev–Trinajstić information content (AvgIpc) is 2.95. The predicted molar refractivity (Wildman–Crippen MR) is 77.1 cm³/mol. The Balaban J connectivity index is 2.52. The third-order valence-electron chi connectivity index (χ3n) is 3.08. The third-order valence-corrected chi connectivity index (χ3v) is 3.39. The molecule has 0 saturated heterocycles. The van der Waals surface area contributed by atoms with Crippen molar-refractivity contribution in [2.45, 2.75) is 13.0 Å². The Bertz CT molecular complexity index is 872. The number of aromatic amines is 1. The van der Waals surface area contributed by atoms with Crippen LogP contribution in [0.25, 0.3) is 16.7 Å². The maximum Gasteiger partial charge on any atom is 0.270 e. The summed E-state index contributed by atoms with van der Waals surface area (Å²) in [5.41, 5.74) is 5.39. The van der Waals surface area contributed by atoms with Gasteiger partial charge in [-0.15, -0.1) is 0 Å². The van der Waals surface area contributed by atoms with Crippen molar-refractivity contribution in [2.24, 2.45) is 5.73 Å². The second-order valence-electron chi connectivity index (χ2n) is 4.59. The highest BCUT2D eigenvalue weighted by atomic mass is 35.5. The van der Waals surface area contributed by atoms with E-state index in [1.54, 1.807) is 13.0 Å². The van der Waals surface area contributed by atoms with Gasteiger partial charge in [0.15, 0.2) is 0 Å². The van der Waals surface area contributed by atoms with Crippen LogP contribution in [0, 0.1) is 5.82 Å². The van der Waals surface area contributed by atoms with Crippen LogP contribution in [0.15, 0.2) is 29.2 Å². The van der Waals surface area contributed by atoms with Crippen molar-refractivity contribution in [3.63, 3.8) is 0 Å². The van der Waals surface area contributed by atoms with Crippen LogP contribution in [0.2, 0.25) is 5.02 Å². The van der Waals surface area contributed by atoms with Gasteiger partial charge in [-0.25, -0.2) is 13.9 Å². The van der Waals surface area contributed by atoms with Crippen molar-refractivity contribution >= 4 is 22.5 Å². The first kappa shape index (κ1) is 13.7. The molecule has 0 spiro atoms. The van der Waals surface area contributed by atoms with E-state index in [4.69, 9.17) is 17.3 Å². The smallest absolute Gasteiger partial charge is 0.270 e. The number of benzene rings is 1. The fraction of sp³-hybridized carbons (Fsp3) is 0.154. The number of H-pyrrole nitrogens is 1. The first-order valence-corrected chi connectivity index (χ1v) is 6.54. The van der Waals surface area contributed by atoms with Gasteiger partial charge in [-0.05, 0) is 19.1 Å². The molecule has 0 amide bonds. The number of hydrogen-bond donors (Lipinski definition) is 2. The summed E-state index contributed by atoms with van der Waals surface area (Å²) in [5.74, 6) is -0.0540. The number of fused-ring (bicyclic) bond motifs is 1. The van der Waals surface area contributed by atoms with E-state index in [9.17, 15) is 9.18 Å². The normalized spacial score (nSPS) is 12.8. The summed E-state index contributed by atoms with van der Waals surface area (Å²) in [5, 5.41) is 6.45. The second kappa shape index (κ2) is 4.94. The van der Waals surface area contributed by atoms with Crippen molar-refractivity contribution in [2.75, 3.05) is 0 Å². The number of nitrogens with zero attached hydrogens (tertiary/aromatic N) is 3. The lowest BCUT2D eigenvalue weighted by Crippen LogP contribution is -2.28. The molecule has 8 heteroatoms. The predicted octanol–water partition coefficient (Wildman–Crippen LogP) is 1.92. The molecule has 21 heavy (non-hydrogen) atoms. The fourth-order valence-electron chi connectivity index (χ4n) is 2.15. The van der Waals surface area contributed by atoms with Gasteiger partial charge in [0.1, 0.15) is 22.8 Å². The number of rotatable bonds is 2. The highest BCUT2D eigenvalue weighted by molar-refractivity contribution is 6.35. The van der Waals surface area contributed by atoms with Crippen molar-refractivity contribution in [3.8, 4) is 5.82 Å². The Kier molecular flexibility index (Phi) is 3.23. The SMILES string of the molecule is C[C@H](N)c1nc2c(Cl)ccc(F)c2c(=O)n1-c1ccn[nH]1. The molecule has 6 nitrogen and oxygen atoms in total. The molecule has 0 fully saturated rings. The molecule has 0 aliphatic rings. The van der Waals surface area contributed by atoms with Gasteiger partial charge in [0, 0.05) is 6.07 Å². The number of halogens is 2. The van der Waals surface area contributed by atoms with Crippen molar-refractivity contribution in [1.82, 2.24) is 19.7 Å². The maximum absolute atomic E-state index is 14.0. The minimum atomic E-state index is -0.684. The molecule has 2 aromatic heterocycles. The Morgan fingerprint density at radius 1 is 1.43 bits per heavy atom. The van der Waals surface area contributed by atoms with E-state index in [0.29, 0.717) is 5.82 Å². The van der Waals surface area contributed by atoms with Gasteiger partial charge in [0.05, 0.1) is 22.8 Å². The summed E-state index contributed by atoms with van der Waals surface area (Å²) in [4.78, 5) is 16.9. The standard InChI is InChI=1S/C13H11ClFN5O/c1-6(16)12-18-11-7(14)2-3-8(15)10(11)13(21)20(12)9-4-5-17-19-9/h2-6H,16H2,1H3,(H,17,19)/t6-/m0/s1. The van der Waals surface area contributed by atoms with E-state index in [2.05, 4.69) is 15.2 Å². The van der Waals surface area contributed by atoms with Gasteiger partial charge in [-0.2, -0.15) is 5.10 Å². The molecule has 108 valence electrons. The summed E-state index contributed by atoms with van der Waals surface area (Å²) in [6.45, 7) is 1.67. The minimum Gasteiger partial charge on any atom is -0.322 e. The van der Waals surface area contributed by atoms with Crippen LogP contribution in [0.1, 0.15) is 18.8 Å². The largest absolute Gasteiger partial charge is 0.322 e. The van der Waals surface area contributed by atoms with Crippen molar-refractivity contribution in [1.29, 1.82) is 0 Å². The Morgan fingerprint density at radius 3 is 2.81 bits per heavy atom. The molecule has 1 atom stereocenters. The second-order valence-corrected chi connectivity index (χ2v) is 5.00. The van der Waals surface area contributed by atoms with Crippen LogP contribution in [-0.4, -0.2) is 19.7 Å². The van der Waals surface area contributed by atoms with E-state index in [1.807, 2.05) is 0 Å². The lowest BCUT2D eigenvalue weighted by atomic mass is 10.2. The maximum atomic E-state index is 14.0. The minimum absolute atomic E-state index is 0.102. The lowest BCUT2D eigenvalue weighted by Gasteiger charge is -2.14. The zero-order chi connectivity index (χ0) is 15.1. The first-order chi connectivity index (χ1) is 10.0.